The maximum atomic E-state index is 13.2. The predicted molar refractivity (Wildman–Crippen MR) is 89.6 cm³/mol. The lowest BCUT2D eigenvalue weighted by Crippen LogP contribution is -2.60. The summed E-state index contributed by atoms with van der Waals surface area (Å²) in [6, 6.07) is 11.2. The van der Waals surface area contributed by atoms with Crippen molar-refractivity contribution in [1.82, 2.24) is 14.7 Å². The van der Waals surface area contributed by atoms with Crippen LogP contribution < -0.4 is 10.6 Å². The molecule has 2 N–H and O–H groups in total. The number of fused-ring (bicyclic) bond motifs is 1. The molecule has 3 heterocycles. The van der Waals surface area contributed by atoms with E-state index in [9.17, 15) is 17.6 Å². The molecule has 1 aromatic carbocycles. The molecule has 2 aromatic heterocycles. The van der Waals surface area contributed by atoms with E-state index in [2.05, 4.69) is 15.6 Å². The van der Waals surface area contributed by atoms with E-state index in [1.54, 1.807) is 24.3 Å². The summed E-state index contributed by atoms with van der Waals surface area (Å²) < 4.78 is 53.3. The maximum Gasteiger partial charge on any atom is 0.434 e. The number of nitrogens with zero attached hydrogens (tertiary/aromatic N) is 2. The molecule has 136 valence electrons. The zero-order valence-electron chi connectivity index (χ0n) is 13.6. The van der Waals surface area contributed by atoms with E-state index in [0.717, 1.165) is 11.8 Å². The fourth-order valence-electron chi connectivity index (χ4n) is 3.21. The molecule has 0 unspecified atom stereocenters. The number of nitrogens with one attached hydrogen (secondary N) is 2. The Morgan fingerprint density at radius 1 is 1.12 bits per heavy atom. The molecule has 0 aliphatic carbocycles. The Hall–Kier alpha value is -2.61. The zero-order chi connectivity index (χ0) is 18.4. The van der Waals surface area contributed by atoms with Gasteiger partial charge in [0, 0.05) is 31.2 Å². The van der Waals surface area contributed by atoms with Gasteiger partial charge in [0.25, 0.3) is 0 Å². The van der Waals surface area contributed by atoms with Crippen molar-refractivity contribution in [3.63, 3.8) is 0 Å². The van der Waals surface area contributed by atoms with Gasteiger partial charge in [0.05, 0.1) is 0 Å². The fraction of sp³-hybridized carbons (Fsp3) is 0.278. The number of benzene rings is 1. The minimum atomic E-state index is -4.49. The highest BCUT2D eigenvalue weighted by atomic mass is 19.4. The highest BCUT2D eigenvalue weighted by molar-refractivity contribution is 5.52. The highest BCUT2D eigenvalue weighted by Crippen LogP contribution is 2.31. The Morgan fingerprint density at radius 3 is 2.46 bits per heavy atom. The van der Waals surface area contributed by atoms with Gasteiger partial charge in [0.2, 0.25) is 0 Å². The molecule has 1 saturated heterocycles. The Morgan fingerprint density at radius 2 is 1.85 bits per heavy atom. The van der Waals surface area contributed by atoms with Crippen molar-refractivity contribution < 1.29 is 17.6 Å². The van der Waals surface area contributed by atoms with Crippen LogP contribution in [0.4, 0.5) is 23.4 Å². The highest BCUT2D eigenvalue weighted by Gasteiger charge is 2.39. The maximum absolute atomic E-state index is 13.2. The van der Waals surface area contributed by atoms with Crippen LogP contribution in [-0.4, -0.2) is 29.0 Å². The van der Waals surface area contributed by atoms with Gasteiger partial charge in [-0.1, -0.05) is 18.2 Å². The van der Waals surface area contributed by atoms with Gasteiger partial charge in [-0.05, 0) is 29.8 Å². The molecule has 1 aliphatic rings. The van der Waals surface area contributed by atoms with E-state index in [0.29, 0.717) is 25.5 Å². The molecule has 0 saturated carbocycles. The number of rotatable bonds is 4. The lowest BCUT2D eigenvalue weighted by Gasteiger charge is -2.43. The van der Waals surface area contributed by atoms with Crippen molar-refractivity contribution in [1.29, 1.82) is 0 Å². The van der Waals surface area contributed by atoms with Gasteiger partial charge < -0.3 is 10.6 Å². The minimum absolute atomic E-state index is 0.227. The van der Waals surface area contributed by atoms with Crippen molar-refractivity contribution in [2.45, 2.75) is 11.6 Å². The normalized spacial score (nSPS) is 16.5. The van der Waals surface area contributed by atoms with Crippen molar-refractivity contribution >= 4 is 11.5 Å². The van der Waals surface area contributed by atoms with Gasteiger partial charge in [-0.25, -0.2) is 9.37 Å². The van der Waals surface area contributed by atoms with E-state index < -0.39 is 11.9 Å². The summed E-state index contributed by atoms with van der Waals surface area (Å²) in [7, 11) is 0. The molecule has 4 rings (SSSR count). The van der Waals surface area contributed by atoms with Crippen molar-refractivity contribution in [2.24, 2.45) is 0 Å². The van der Waals surface area contributed by atoms with Crippen LogP contribution in [-0.2, 0) is 11.6 Å². The van der Waals surface area contributed by atoms with Crippen LogP contribution in [0.3, 0.4) is 0 Å². The second-order valence-corrected chi connectivity index (χ2v) is 6.51. The Kier molecular flexibility index (Phi) is 3.87. The van der Waals surface area contributed by atoms with Gasteiger partial charge in [-0.3, -0.25) is 4.40 Å². The third-order valence-electron chi connectivity index (χ3n) is 4.77. The minimum Gasteiger partial charge on any atom is -0.370 e. The lowest BCUT2D eigenvalue weighted by atomic mass is 9.75. The van der Waals surface area contributed by atoms with E-state index in [4.69, 9.17) is 0 Å². The number of imidazole rings is 1. The van der Waals surface area contributed by atoms with Crippen LogP contribution in [0.5, 0.6) is 0 Å². The molecule has 0 spiro atoms. The number of pyridine rings is 1. The quantitative estimate of drug-likeness (QED) is 0.697. The molecule has 0 amide bonds. The number of halogens is 4. The first kappa shape index (κ1) is 16.8. The smallest absolute Gasteiger partial charge is 0.370 e. The van der Waals surface area contributed by atoms with E-state index in [1.165, 1.54) is 22.6 Å². The number of hydrogen-bond donors (Lipinski definition) is 2. The molecule has 3 aromatic rings. The molecule has 0 radical (unpaired) electrons. The van der Waals surface area contributed by atoms with Crippen molar-refractivity contribution in [2.75, 3.05) is 25.0 Å². The molecular weight excluding hydrogens is 348 g/mol. The van der Waals surface area contributed by atoms with Gasteiger partial charge in [0.1, 0.15) is 17.3 Å². The molecule has 0 atom stereocenters. The predicted octanol–water partition coefficient (Wildman–Crippen LogP) is 3.45. The molecule has 26 heavy (non-hydrogen) atoms. The summed E-state index contributed by atoms with van der Waals surface area (Å²) in [5, 5.41) is 6.44. The summed E-state index contributed by atoms with van der Waals surface area (Å²) in [6.45, 7) is 1.92. The summed E-state index contributed by atoms with van der Waals surface area (Å²) in [4.78, 5) is 3.64. The van der Waals surface area contributed by atoms with Gasteiger partial charge >= 0.3 is 6.18 Å². The second-order valence-electron chi connectivity index (χ2n) is 6.51. The van der Waals surface area contributed by atoms with E-state index in [-0.39, 0.29) is 16.9 Å². The van der Waals surface area contributed by atoms with Crippen LogP contribution in [0.1, 0.15) is 11.3 Å². The molecule has 1 fully saturated rings. The van der Waals surface area contributed by atoms with Crippen LogP contribution >= 0.6 is 0 Å². The van der Waals surface area contributed by atoms with E-state index >= 15 is 0 Å². The monoisotopic (exact) mass is 364 g/mol. The lowest BCUT2D eigenvalue weighted by molar-refractivity contribution is -0.140. The second kappa shape index (κ2) is 5.98. The third-order valence-corrected chi connectivity index (χ3v) is 4.77. The van der Waals surface area contributed by atoms with E-state index in [1.807, 2.05) is 0 Å². The summed E-state index contributed by atoms with van der Waals surface area (Å²) >= 11 is 0. The fourth-order valence-corrected chi connectivity index (χ4v) is 3.21. The van der Waals surface area contributed by atoms with Crippen LogP contribution in [0.25, 0.3) is 5.65 Å². The topological polar surface area (TPSA) is 41.4 Å². The number of anilines is 1. The standard InChI is InChI=1S/C18H16F4N4/c19-13-6-4-12(5-7-13)17(9-23-10-17)11-24-15-2-1-3-16-25-14(8-26(15)16)18(20,21)22/h1-8,23-24H,9-11H2. The summed E-state index contributed by atoms with van der Waals surface area (Å²) in [5.41, 5.74) is 0.0534. The first-order chi connectivity index (χ1) is 12.4. The number of alkyl halides is 3. The molecular formula is C18H16F4N4. The number of hydrogen-bond acceptors (Lipinski definition) is 3. The molecule has 0 bridgehead atoms. The van der Waals surface area contributed by atoms with Gasteiger partial charge in [-0.2, -0.15) is 13.2 Å². The first-order valence-corrected chi connectivity index (χ1v) is 8.13. The Labute approximate surface area is 146 Å². The van der Waals surface area contributed by atoms with Crippen molar-refractivity contribution in [3.05, 3.63) is 65.7 Å². The first-order valence-electron chi connectivity index (χ1n) is 8.13. The summed E-state index contributed by atoms with van der Waals surface area (Å²) in [6.07, 6.45) is -3.50. The third kappa shape index (κ3) is 2.90. The average molecular weight is 364 g/mol. The number of aromatic nitrogens is 2. The van der Waals surface area contributed by atoms with Gasteiger partial charge in [-0.15, -0.1) is 0 Å². The largest absolute Gasteiger partial charge is 0.434 e. The van der Waals surface area contributed by atoms with Crippen molar-refractivity contribution in [3.8, 4) is 0 Å². The molecule has 1 aliphatic heterocycles. The van der Waals surface area contributed by atoms with Gasteiger partial charge in [0.15, 0.2) is 5.69 Å². The van der Waals surface area contributed by atoms with Crippen LogP contribution in [0.2, 0.25) is 0 Å². The SMILES string of the molecule is Fc1ccc(C2(CNc3cccc4nc(C(F)(F)F)cn34)CNC2)cc1. The Bertz CT molecular complexity index is 927. The zero-order valence-corrected chi connectivity index (χ0v) is 13.6. The molecule has 4 nitrogen and oxygen atoms in total. The average Bonchev–Trinajstić information content (AvgIpc) is 3.00. The summed E-state index contributed by atoms with van der Waals surface area (Å²) in [5.74, 6) is 0.228. The Balaban J connectivity index is 1.61. The van der Waals surface area contributed by atoms with Crippen LogP contribution in [0, 0.1) is 5.82 Å². The van der Waals surface area contributed by atoms with Crippen LogP contribution in [0.15, 0.2) is 48.7 Å². The molecule has 8 heteroatoms.